The largest absolute Gasteiger partial charge is 0.493 e. The van der Waals surface area contributed by atoms with Crippen molar-refractivity contribution in [3.63, 3.8) is 0 Å². The Morgan fingerprint density at radius 1 is 0.718 bits per heavy atom. The molecule has 2 aromatic carbocycles. The van der Waals surface area contributed by atoms with Crippen LogP contribution in [0.4, 0.5) is 0 Å². The summed E-state index contributed by atoms with van der Waals surface area (Å²) in [5, 5.41) is 0.932. The number of ether oxygens (including phenoxy) is 4. The van der Waals surface area contributed by atoms with Crippen LogP contribution in [0.5, 0.6) is 5.75 Å². The lowest BCUT2D eigenvalue weighted by atomic mass is 10.1. The molecule has 0 N–H and O–H groups in total. The first-order chi connectivity index (χ1) is 18.7. The summed E-state index contributed by atoms with van der Waals surface area (Å²) < 4.78 is 27.2. The van der Waals surface area contributed by atoms with Gasteiger partial charge in [0.1, 0.15) is 17.1 Å². The standard InChI is InChI=1S/C31H34O8/c1-21(2)29(32)36-16-6-5-15-35-26-14-13-25-19-27(39-28(25)20-26)23-9-11-24(12-10-23)31(34)38-18-8-7-17-37-30(33)22(3)4/h9-14,19-20H,1,3,5-8,15-18H2,2,4H3. The van der Waals surface area contributed by atoms with Crippen LogP contribution >= 0.6 is 0 Å². The summed E-state index contributed by atoms with van der Waals surface area (Å²) in [4.78, 5) is 35.0. The number of esters is 3. The van der Waals surface area contributed by atoms with Gasteiger partial charge in [0, 0.05) is 28.2 Å². The summed E-state index contributed by atoms with van der Waals surface area (Å²) in [7, 11) is 0. The molecule has 0 aliphatic heterocycles. The van der Waals surface area contributed by atoms with Crippen molar-refractivity contribution in [2.24, 2.45) is 0 Å². The Bertz CT molecular complexity index is 1320. The monoisotopic (exact) mass is 534 g/mol. The minimum atomic E-state index is -0.419. The second-order valence-electron chi connectivity index (χ2n) is 9.12. The number of unbranched alkanes of at least 4 members (excludes halogenated alkanes) is 2. The predicted molar refractivity (Wildman–Crippen MR) is 147 cm³/mol. The van der Waals surface area contributed by atoms with Gasteiger partial charge in [0.15, 0.2) is 0 Å². The van der Waals surface area contributed by atoms with E-state index in [0.29, 0.717) is 66.3 Å². The van der Waals surface area contributed by atoms with E-state index < -0.39 is 11.9 Å². The number of fused-ring (bicyclic) bond motifs is 1. The third-order valence-corrected chi connectivity index (χ3v) is 5.64. The van der Waals surface area contributed by atoms with Gasteiger partial charge in [-0.3, -0.25) is 0 Å². The number of hydrogen-bond donors (Lipinski definition) is 0. The Kier molecular flexibility index (Phi) is 10.9. The normalized spacial score (nSPS) is 10.6. The van der Waals surface area contributed by atoms with Crippen molar-refractivity contribution in [2.45, 2.75) is 39.5 Å². The molecule has 8 nitrogen and oxygen atoms in total. The van der Waals surface area contributed by atoms with Crippen LogP contribution in [-0.4, -0.2) is 44.3 Å². The van der Waals surface area contributed by atoms with Crippen molar-refractivity contribution in [2.75, 3.05) is 26.4 Å². The summed E-state index contributed by atoms with van der Waals surface area (Å²) in [6, 6.07) is 14.6. The Balaban J connectivity index is 1.44. The van der Waals surface area contributed by atoms with Gasteiger partial charge in [0.2, 0.25) is 0 Å². The van der Waals surface area contributed by atoms with Crippen molar-refractivity contribution in [1.82, 2.24) is 0 Å². The van der Waals surface area contributed by atoms with Crippen LogP contribution in [0.15, 0.2) is 77.3 Å². The first-order valence-electron chi connectivity index (χ1n) is 12.8. The Hall–Kier alpha value is -4.33. The topological polar surface area (TPSA) is 101 Å². The summed E-state index contributed by atoms with van der Waals surface area (Å²) in [6.45, 7) is 11.6. The number of carbonyl (C=O) groups excluding carboxylic acids is 3. The van der Waals surface area contributed by atoms with Crippen molar-refractivity contribution < 1.29 is 37.7 Å². The number of hydrogen-bond acceptors (Lipinski definition) is 8. The summed E-state index contributed by atoms with van der Waals surface area (Å²) >= 11 is 0. The Labute approximate surface area is 228 Å². The summed E-state index contributed by atoms with van der Waals surface area (Å²) in [6.07, 6.45) is 2.62. The van der Waals surface area contributed by atoms with Crippen LogP contribution in [0.1, 0.15) is 49.9 Å². The maximum absolute atomic E-state index is 12.3. The maximum Gasteiger partial charge on any atom is 0.338 e. The fraction of sp³-hybridized carbons (Fsp3) is 0.323. The second-order valence-corrected chi connectivity index (χ2v) is 9.12. The summed E-state index contributed by atoms with van der Waals surface area (Å²) in [5.74, 6) is 0.149. The highest BCUT2D eigenvalue weighted by molar-refractivity contribution is 5.90. The van der Waals surface area contributed by atoms with Gasteiger partial charge in [0.05, 0.1) is 32.0 Å². The molecule has 0 unspecified atom stereocenters. The first kappa shape index (κ1) is 29.2. The lowest BCUT2D eigenvalue weighted by Gasteiger charge is -2.07. The zero-order valence-corrected chi connectivity index (χ0v) is 22.5. The predicted octanol–water partition coefficient (Wildman–Crippen LogP) is 6.43. The molecule has 3 rings (SSSR count). The van der Waals surface area contributed by atoms with E-state index >= 15 is 0 Å². The van der Waals surface area contributed by atoms with Gasteiger partial charge in [-0.15, -0.1) is 0 Å². The van der Waals surface area contributed by atoms with Crippen LogP contribution < -0.4 is 4.74 Å². The van der Waals surface area contributed by atoms with Crippen molar-refractivity contribution in [3.8, 4) is 17.1 Å². The van der Waals surface area contributed by atoms with Gasteiger partial charge in [-0.05, 0) is 69.9 Å². The van der Waals surface area contributed by atoms with Gasteiger partial charge < -0.3 is 23.4 Å². The molecule has 8 heteroatoms. The molecule has 0 amide bonds. The fourth-order valence-electron chi connectivity index (χ4n) is 3.44. The average molecular weight is 535 g/mol. The molecular weight excluding hydrogens is 500 g/mol. The number of rotatable bonds is 15. The molecule has 0 aliphatic carbocycles. The second kappa shape index (κ2) is 14.6. The molecule has 0 radical (unpaired) electrons. The van der Waals surface area contributed by atoms with Gasteiger partial charge >= 0.3 is 17.9 Å². The van der Waals surface area contributed by atoms with Crippen molar-refractivity contribution in [1.29, 1.82) is 0 Å². The lowest BCUT2D eigenvalue weighted by Crippen LogP contribution is -2.09. The Morgan fingerprint density at radius 2 is 1.28 bits per heavy atom. The molecule has 0 spiro atoms. The Morgan fingerprint density at radius 3 is 1.87 bits per heavy atom. The molecule has 1 aromatic heterocycles. The first-order valence-corrected chi connectivity index (χ1v) is 12.8. The zero-order valence-electron chi connectivity index (χ0n) is 22.5. The lowest BCUT2D eigenvalue weighted by molar-refractivity contribution is -0.140. The molecular formula is C31H34O8. The number of furan rings is 1. The molecule has 0 bridgehead atoms. The van der Waals surface area contributed by atoms with E-state index in [9.17, 15) is 14.4 Å². The van der Waals surface area contributed by atoms with Gasteiger partial charge in [-0.25, -0.2) is 14.4 Å². The molecule has 0 saturated carbocycles. The van der Waals surface area contributed by atoms with Gasteiger partial charge in [-0.2, -0.15) is 0 Å². The smallest absolute Gasteiger partial charge is 0.338 e. The van der Waals surface area contributed by atoms with Crippen LogP contribution in [0.25, 0.3) is 22.3 Å². The van der Waals surface area contributed by atoms with E-state index in [2.05, 4.69) is 13.2 Å². The summed E-state index contributed by atoms with van der Waals surface area (Å²) in [5.41, 5.74) is 2.70. The SMILES string of the molecule is C=C(C)C(=O)OCCCCOC(=O)c1ccc(-c2cc3ccc(OCCCCOC(=O)C(=C)C)cc3o2)cc1. The highest BCUT2D eigenvalue weighted by atomic mass is 16.5. The quantitative estimate of drug-likeness (QED) is 0.0951. The van der Waals surface area contributed by atoms with Crippen molar-refractivity contribution >= 4 is 28.9 Å². The molecule has 1 heterocycles. The number of carbonyl (C=O) groups is 3. The zero-order chi connectivity index (χ0) is 28.2. The van der Waals surface area contributed by atoms with E-state index in [0.717, 1.165) is 17.4 Å². The molecule has 0 atom stereocenters. The van der Waals surface area contributed by atoms with E-state index in [1.54, 1.807) is 26.0 Å². The third kappa shape index (κ3) is 9.17. The maximum atomic E-state index is 12.3. The van der Waals surface area contributed by atoms with Crippen LogP contribution in [0.2, 0.25) is 0 Å². The average Bonchev–Trinajstić information content (AvgIpc) is 3.35. The van der Waals surface area contributed by atoms with Crippen LogP contribution in [0, 0.1) is 0 Å². The van der Waals surface area contributed by atoms with E-state index in [-0.39, 0.29) is 19.2 Å². The fourth-order valence-corrected chi connectivity index (χ4v) is 3.44. The molecule has 0 saturated heterocycles. The molecule has 39 heavy (non-hydrogen) atoms. The minimum Gasteiger partial charge on any atom is -0.493 e. The van der Waals surface area contributed by atoms with Crippen LogP contribution in [-0.2, 0) is 23.8 Å². The minimum absolute atomic E-state index is 0.238. The third-order valence-electron chi connectivity index (χ3n) is 5.64. The molecule has 0 aliphatic rings. The molecule has 0 fully saturated rings. The van der Waals surface area contributed by atoms with E-state index in [1.165, 1.54) is 0 Å². The van der Waals surface area contributed by atoms with Gasteiger partial charge in [0.25, 0.3) is 0 Å². The highest BCUT2D eigenvalue weighted by Gasteiger charge is 2.11. The van der Waals surface area contributed by atoms with E-state index in [1.807, 2.05) is 36.4 Å². The number of benzene rings is 2. The molecule has 3 aromatic rings. The highest BCUT2D eigenvalue weighted by Crippen LogP contribution is 2.30. The van der Waals surface area contributed by atoms with Gasteiger partial charge in [-0.1, -0.05) is 25.3 Å². The molecule has 206 valence electrons. The van der Waals surface area contributed by atoms with Crippen molar-refractivity contribution in [3.05, 3.63) is 78.4 Å². The van der Waals surface area contributed by atoms with E-state index in [4.69, 9.17) is 23.4 Å². The van der Waals surface area contributed by atoms with Crippen LogP contribution in [0.3, 0.4) is 0 Å².